The summed E-state index contributed by atoms with van der Waals surface area (Å²) in [5.74, 6) is 1.46. The van der Waals surface area contributed by atoms with Crippen molar-refractivity contribution in [3.05, 3.63) is 60.2 Å². The van der Waals surface area contributed by atoms with Gasteiger partial charge in [-0.05, 0) is 37.0 Å². The Kier molecular flexibility index (Phi) is 7.86. The number of nitrogens with zero attached hydrogens (tertiary/aromatic N) is 4. The molecule has 0 saturated heterocycles. The minimum atomic E-state index is -0.737. The molecule has 1 aliphatic rings. The number of methoxy groups -OCH3 is 1. The fraction of sp³-hybridized carbons (Fsp3) is 0.385. The third kappa shape index (κ3) is 5.60. The average molecular weight is 476 g/mol. The molecule has 176 valence electrons. The molecule has 0 spiro atoms. The van der Waals surface area contributed by atoms with Gasteiger partial charge in [-0.25, -0.2) is 0 Å². The number of ether oxygens (including phenoxy) is 1. The van der Waals surface area contributed by atoms with E-state index in [2.05, 4.69) is 33.7 Å². The molecule has 2 aromatic carbocycles. The number of nitriles is 1. The van der Waals surface area contributed by atoms with Crippen LogP contribution in [0.5, 0.6) is 5.75 Å². The van der Waals surface area contributed by atoms with Crippen LogP contribution in [0.4, 0.5) is 0 Å². The zero-order valence-corrected chi connectivity index (χ0v) is 20.2. The van der Waals surface area contributed by atoms with Crippen molar-refractivity contribution >= 4 is 17.7 Å². The number of hydrogen-bond acceptors (Lipinski definition) is 6. The molecule has 1 aliphatic carbocycles. The van der Waals surface area contributed by atoms with Crippen LogP contribution in [0.2, 0.25) is 0 Å². The fourth-order valence-electron chi connectivity index (χ4n) is 4.36. The average Bonchev–Trinajstić information content (AvgIpc) is 3.29. The number of nitrogens with one attached hydrogen (secondary N) is 1. The van der Waals surface area contributed by atoms with Crippen molar-refractivity contribution in [1.29, 1.82) is 5.26 Å². The highest BCUT2D eigenvalue weighted by molar-refractivity contribution is 7.99. The maximum atomic E-state index is 12.8. The van der Waals surface area contributed by atoms with Gasteiger partial charge < -0.3 is 14.6 Å². The first-order valence-electron chi connectivity index (χ1n) is 11.6. The molecule has 0 aliphatic heterocycles. The largest absolute Gasteiger partial charge is 0.496 e. The van der Waals surface area contributed by atoms with Crippen LogP contribution in [-0.4, -0.2) is 39.1 Å². The number of amides is 1. The van der Waals surface area contributed by atoms with E-state index >= 15 is 0 Å². The lowest BCUT2D eigenvalue weighted by atomic mass is 9.83. The number of aromatic nitrogens is 3. The topological polar surface area (TPSA) is 92.8 Å². The first kappa shape index (κ1) is 23.8. The number of carbonyl (C=O) groups is 1. The van der Waals surface area contributed by atoms with Crippen molar-refractivity contribution in [2.75, 3.05) is 12.9 Å². The summed E-state index contributed by atoms with van der Waals surface area (Å²) in [4.78, 5) is 12.8. The molecule has 1 fully saturated rings. The lowest BCUT2D eigenvalue weighted by molar-refractivity contribution is -0.120. The van der Waals surface area contributed by atoms with Crippen LogP contribution in [0.25, 0.3) is 11.4 Å². The Balaban J connectivity index is 1.53. The molecule has 0 atom stereocenters. The molecule has 1 saturated carbocycles. The predicted molar refractivity (Wildman–Crippen MR) is 132 cm³/mol. The lowest BCUT2D eigenvalue weighted by Crippen LogP contribution is -2.49. The molecular formula is C26H29N5O2S. The van der Waals surface area contributed by atoms with Gasteiger partial charge in [0.2, 0.25) is 5.91 Å². The summed E-state index contributed by atoms with van der Waals surface area (Å²) >= 11 is 1.34. The van der Waals surface area contributed by atoms with Gasteiger partial charge in [0.05, 0.1) is 24.5 Å². The molecule has 3 aromatic rings. The molecule has 1 heterocycles. The van der Waals surface area contributed by atoms with Gasteiger partial charge in [0.25, 0.3) is 0 Å². The van der Waals surface area contributed by atoms with Crippen molar-refractivity contribution in [3.63, 3.8) is 0 Å². The Morgan fingerprint density at radius 1 is 1.12 bits per heavy atom. The predicted octanol–water partition coefficient (Wildman–Crippen LogP) is 4.63. The molecule has 1 aromatic heterocycles. The van der Waals surface area contributed by atoms with Crippen molar-refractivity contribution in [1.82, 2.24) is 20.1 Å². The van der Waals surface area contributed by atoms with Gasteiger partial charge in [0.15, 0.2) is 11.0 Å². The molecule has 34 heavy (non-hydrogen) atoms. The molecular weight excluding hydrogens is 446 g/mol. The SMILES string of the molecule is COc1ccccc1-c1nnc(SCC(=O)NC2(C#N)CCCCC2)n1CCc1ccccc1. The van der Waals surface area contributed by atoms with Gasteiger partial charge in [-0.15, -0.1) is 10.2 Å². The van der Waals surface area contributed by atoms with E-state index in [9.17, 15) is 10.1 Å². The van der Waals surface area contributed by atoms with Gasteiger partial charge in [-0.1, -0.05) is 73.5 Å². The molecule has 0 radical (unpaired) electrons. The van der Waals surface area contributed by atoms with Gasteiger partial charge in [-0.3, -0.25) is 4.79 Å². The van der Waals surface area contributed by atoms with Crippen LogP contribution in [-0.2, 0) is 17.8 Å². The van der Waals surface area contributed by atoms with Crippen LogP contribution in [0, 0.1) is 11.3 Å². The molecule has 1 N–H and O–H groups in total. The van der Waals surface area contributed by atoms with E-state index in [0.717, 1.165) is 37.0 Å². The van der Waals surface area contributed by atoms with Gasteiger partial charge >= 0.3 is 0 Å². The van der Waals surface area contributed by atoms with Crippen LogP contribution >= 0.6 is 11.8 Å². The summed E-state index contributed by atoms with van der Waals surface area (Å²) in [7, 11) is 1.64. The van der Waals surface area contributed by atoms with Gasteiger partial charge in [0, 0.05) is 6.54 Å². The number of rotatable bonds is 9. The van der Waals surface area contributed by atoms with Crippen molar-refractivity contribution < 1.29 is 9.53 Å². The highest BCUT2D eigenvalue weighted by Gasteiger charge is 2.33. The third-order valence-electron chi connectivity index (χ3n) is 6.16. The molecule has 0 unspecified atom stereocenters. The second-order valence-electron chi connectivity index (χ2n) is 8.49. The van der Waals surface area contributed by atoms with E-state index in [1.807, 2.05) is 47.0 Å². The molecule has 4 rings (SSSR count). The van der Waals surface area contributed by atoms with Crippen LogP contribution in [0.3, 0.4) is 0 Å². The monoisotopic (exact) mass is 475 g/mol. The van der Waals surface area contributed by atoms with E-state index in [1.54, 1.807) is 7.11 Å². The van der Waals surface area contributed by atoms with Gasteiger partial charge in [0.1, 0.15) is 11.3 Å². The van der Waals surface area contributed by atoms with Crippen LogP contribution in [0.1, 0.15) is 37.7 Å². The number of benzene rings is 2. The minimum absolute atomic E-state index is 0.148. The number of carbonyl (C=O) groups excluding carboxylic acids is 1. The Morgan fingerprint density at radius 2 is 1.85 bits per heavy atom. The van der Waals surface area contributed by atoms with Crippen molar-refractivity contribution in [2.45, 2.75) is 55.8 Å². The molecule has 0 bridgehead atoms. The van der Waals surface area contributed by atoms with Crippen molar-refractivity contribution in [2.24, 2.45) is 0 Å². The standard InChI is InChI=1S/C26H29N5O2S/c1-33-22-13-7-6-12-21(22)24-29-30-25(31(24)17-14-20-10-4-2-5-11-20)34-18-23(32)28-26(19-27)15-8-3-9-16-26/h2,4-7,10-13H,3,8-9,14-18H2,1H3,(H,28,32). The molecule has 7 nitrogen and oxygen atoms in total. The first-order chi connectivity index (χ1) is 16.6. The van der Waals surface area contributed by atoms with Gasteiger partial charge in [-0.2, -0.15) is 5.26 Å². The van der Waals surface area contributed by atoms with E-state index in [0.29, 0.717) is 30.4 Å². The Bertz CT molecular complexity index is 1150. The summed E-state index contributed by atoms with van der Waals surface area (Å²) in [6.07, 6.45) is 5.28. The highest BCUT2D eigenvalue weighted by atomic mass is 32.2. The third-order valence-corrected chi connectivity index (χ3v) is 7.13. The summed E-state index contributed by atoms with van der Waals surface area (Å²) in [5, 5.41) is 22.2. The Morgan fingerprint density at radius 3 is 2.59 bits per heavy atom. The minimum Gasteiger partial charge on any atom is -0.496 e. The van der Waals surface area contributed by atoms with Crippen LogP contribution < -0.4 is 10.1 Å². The number of para-hydroxylation sites is 1. The fourth-order valence-corrected chi connectivity index (χ4v) is 5.13. The van der Waals surface area contributed by atoms with E-state index in [4.69, 9.17) is 4.74 Å². The summed E-state index contributed by atoms with van der Waals surface area (Å²) in [6.45, 7) is 0.663. The zero-order chi connectivity index (χ0) is 23.8. The number of hydrogen-bond donors (Lipinski definition) is 1. The maximum Gasteiger partial charge on any atom is 0.231 e. The quantitative estimate of drug-likeness (QED) is 0.454. The number of thioether (sulfide) groups is 1. The Labute approximate surface area is 204 Å². The maximum absolute atomic E-state index is 12.8. The molecule has 1 amide bonds. The highest BCUT2D eigenvalue weighted by Crippen LogP contribution is 2.32. The first-order valence-corrected chi connectivity index (χ1v) is 12.6. The summed E-state index contributed by atoms with van der Waals surface area (Å²) in [6, 6.07) is 20.3. The van der Waals surface area contributed by atoms with E-state index < -0.39 is 5.54 Å². The second-order valence-corrected chi connectivity index (χ2v) is 9.43. The van der Waals surface area contributed by atoms with Crippen LogP contribution in [0.15, 0.2) is 59.8 Å². The van der Waals surface area contributed by atoms with Crippen molar-refractivity contribution in [3.8, 4) is 23.2 Å². The van der Waals surface area contributed by atoms with E-state index in [1.165, 1.54) is 17.3 Å². The van der Waals surface area contributed by atoms with E-state index in [-0.39, 0.29) is 11.7 Å². The summed E-state index contributed by atoms with van der Waals surface area (Å²) < 4.78 is 7.60. The zero-order valence-electron chi connectivity index (χ0n) is 19.4. The summed E-state index contributed by atoms with van der Waals surface area (Å²) in [5.41, 5.74) is 1.33. The smallest absolute Gasteiger partial charge is 0.231 e. The number of aryl methyl sites for hydroxylation is 1. The Hall–Kier alpha value is -3.31. The second kappa shape index (κ2) is 11.2. The molecule has 8 heteroatoms. The lowest BCUT2D eigenvalue weighted by Gasteiger charge is -2.31. The normalized spacial score (nSPS) is 14.8.